The van der Waals surface area contributed by atoms with Gasteiger partial charge in [0.1, 0.15) is 0 Å². The first-order chi connectivity index (χ1) is 12.2. The molecule has 2 heterocycles. The number of aromatic nitrogens is 1. The number of nitrogens with zero attached hydrogens (tertiary/aromatic N) is 1. The largest absolute Gasteiger partial charge is 0.390 e. The molecule has 1 aromatic rings. The molecule has 2 rings (SSSR count). The first-order valence-electron chi connectivity index (χ1n) is 8.89. The monoisotopic (exact) mass is 385 g/mol. The fourth-order valence-electron chi connectivity index (χ4n) is 3.02. The number of carbonyl (C=O) groups excluding carboxylic acids is 1. The quantitative estimate of drug-likeness (QED) is 0.654. The van der Waals surface area contributed by atoms with E-state index < -0.39 is 38.5 Å². The Bertz CT molecular complexity index is 775. The fraction of sp³-hybridized carbons (Fsp3) is 0.647. The highest BCUT2D eigenvalue weighted by Crippen LogP contribution is 2.24. The SMILES string of the molecule is CC(C)CCC(=O)N(C1CCCNC[C@@H]1O)S(=O)(=O)c1ccc[nH]c1=O. The van der Waals surface area contributed by atoms with Gasteiger partial charge in [-0.2, -0.15) is 0 Å². The lowest BCUT2D eigenvalue weighted by atomic mass is 10.0. The highest BCUT2D eigenvalue weighted by atomic mass is 32.2. The van der Waals surface area contributed by atoms with E-state index in [0.29, 0.717) is 25.8 Å². The van der Waals surface area contributed by atoms with Crippen LogP contribution in [0, 0.1) is 5.92 Å². The van der Waals surface area contributed by atoms with E-state index >= 15 is 0 Å². The number of aliphatic hydroxyl groups is 1. The molecule has 1 saturated heterocycles. The van der Waals surface area contributed by atoms with Crippen LogP contribution >= 0.6 is 0 Å². The Morgan fingerprint density at radius 3 is 2.81 bits per heavy atom. The molecule has 1 aliphatic heterocycles. The van der Waals surface area contributed by atoms with Crippen molar-refractivity contribution < 1.29 is 18.3 Å². The third kappa shape index (κ3) is 4.72. The van der Waals surface area contributed by atoms with Crippen molar-refractivity contribution in [1.82, 2.24) is 14.6 Å². The van der Waals surface area contributed by atoms with E-state index in [-0.39, 0.29) is 18.9 Å². The van der Waals surface area contributed by atoms with E-state index in [1.54, 1.807) is 0 Å². The van der Waals surface area contributed by atoms with Crippen molar-refractivity contribution >= 4 is 15.9 Å². The van der Waals surface area contributed by atoms with Gasteiger partial charge >= 0.3 is 0 Å². The Balaban J connectivity index is 2.47. The summed E-state index contributed by atoms with van der Waals surface area (Å²) in [5.41, 5.74) is -0.782. The molecule has 1 amide bonds. The maximum atomic E-state index is 13.1. The van der Waals surface area contributed by atoms with E-state index in [0.717, 1.165) is 4.31 Å². The molecule has 0 saturated carbocycles. The number of hydrogen-bond donors (Lipinski definition) is 3. The van der Waals surface area contributed by atoms with E-state index in [9.17, 15) is 23.1 Å². The number of pyridine rings is 1. The highest BCUT2D eigenvalue weighted by Gasteiger charge is 2.40. The van der Waals surface area contributed by atoms with Crippen LogP contribution in [0.2, 0.25) is 0 Å². The average molecular weight is 385 g/mol. The molecule has 0 aliphatic carbocycles. The predicted molar refractivity (Wildman–Crippen MR) is 97.1 cm³/mol. The number of carbonyl (C=O) groups is 1. The third-order valence-electron chi connectivity index (χ3n) is 4.45. The van der Waals surface area contributed by atoms with Gasteiger partial charge in [-0.15, -0.1) is 0 Å². The van der Waals surface area contributed by atoms with Crippen molar-refractivity contribution in [2.45, 2.75) is 56.6 Å². The van der Waals surface area contributed by atoms with Crippen LogP contribution in [0.3, 0.4) is 0 Å². The fourth-order valence-corrected chi connectivity index (χ4v) is 4.74. The molecule has 1 unspecified atom stereocenters. The summed E-state index contributed by atoms with van der Waals surface area (Å²) in [6.45, 7) is 4.71. The van der Waals surface area contributed by atoms with Crippen molar-refractivity contribution in [3.63, 3.8) is 0 Å². The molecule has 3 N–H and O–H groups in total. The summed E-state index contributed by atoms with van der Waals surface area (Å²) in [5, 5.41) is 13.4. The summed E-state index contributed by atoms with van der Waals surface area (Å²) in [4.78, 5) is 26.7. The van der Waals surface area contributed by atoms with Crippen molar-refractivity contribution in [3.05, 3.63) is 28.7 Å². The molecule has 1 aromatic heterocycles. The number of H-pyrrole nitrogens is 1. The Labute approximate surface area is 153 Å². The summed E-state index contributed by atoms with van der Waals surface area (Å²) < 4.78 is 27.0. The minimum Gasteiger partial charge on any atom is -0.390 e. The van der Waals surface area contributed by atoms with Crippen molar-refractivity contribution in [3.8, 4) is 0 Å². The van der Waals surface area contributed by atoms with Crippen LogP contribution < -0.4 is 10.9 Å². The molecular formula is C17H27N3O5S. The number of aliphatic hydroxyl groups excluding tert-OH is 1. The molecule has 1 fully saturated rings. The van der Waals surface area contributed by atoms with Crippen LogP contribution in [0.5, 0.6) is 0 Å². The number of amides is 1. The molecule has 9 heteroatoms. The molecule has 26 heavy (non-hydrogen) atoms. The summed E-state index contributed by atoms with van der Waals surface area (Å²) in [5.74, 6) is -0.364. The van der Waals surface area contributed by atoms with Gasteiger partial charge in [0.2, 0.25) is 5.91 Å². The summed E-state index contributed by atoms with van der Waals surface area (Å²) in [6, 6.07) is 1.68. The van der Waals surface area contributed by atoms with Gasteiger partial charge in [-0.05, 0) is 43.9 Å². The number of nitrogens with one attached hydrogen (secondary N) is 2. The lowest BCUT2D eigenvalue weighted by molar-refractivity contribution is -0.130. The summed E-state index contributed by atoms with van der Waals surface area (Å²) in [6.07, 6.45) is 1.83. The van der Waals surface area contributed by atoms with Crippen LogP contribution in [-0.2, 0) is 14.8 Å². The lowest BCUT2D eigenvalue weighted by Gasteiger charge is -2.33. The van der Waals surface area contributed by atoms with Crippen LogP contribution in [0.25, 0.3) is 0 Å². The zero-order chi connectivity index (χ0) is 19.3. The first-order valence-corrected chi connectivity index (χ1v) is 10.3. The molecule has 0 spiro atoms. The number of sulfonamides is 1. The zero-order valence-electron chi connectivity index (χ0n) is 15.1. The number of β-amino-alcohol motifs (C(OH)–C–C–N with tert-alkyl or cyclic N) is 1. The standard InChI is InChI=1S/C17H27N3O5S/c1-12(2)7-8-16(22)20(13-5-3-9-18-11-14(13)21)26(24,25)15-6-4-10-19-17(15)23/h4,6,10,12-14,18,21H,3,5,7-9,11H2,1-2H3,(H,19,23)/t13?,14-/m0/s1. The minimum atomic E-state index is -4.38. The molecule has 146 valence electrons. The van der Waals surface area contributed by atoms with E-state index in [1.165, 1.54) is 18.3 Å². The predicted octanol–water partition coefficient (Wildman–Crippen LogP) is 0.441. The Kier molecular flexibility index (Phi) is 6.96. The number of hydrogen-bond acceptors (Lipinski definition) is 6. The van der Waals surface area contributed by atoms with Crippen LogP contribution in [-0.4, -0.2) is 54.0 Å². The third-order valence-corrected chi connectivity index (χ3v) is 6.32. The number of aromatic amines is 1. The van der Waals surface area contributed by atoms with Gasteiger partial charge in [0.25, 0.3) is 15.6 Å². The first kappa shape index (κ1) is 20.6. The lowest BCUT2D eigenvalue weighted by Crippen LogP contribution is -2.52. The van der Waals surface area contributed by atoms with Crippen LogP contribution in [0.4, 0.5) is 0 Å². The summed E-state index contributed by atoms with van der Waals surface area (Å²) >= 11 is 0. The van der Waals surface area contributed by atoms with Gasteiger partial charge in [0.05, 0.1) is 12.1 Å². The molecule has 8 nitrogen and oxygen atoms in total. The second-order valence-corrected chi connectivity index (χ2v) is 8.76. The van der Waals surface area contributed by atoms with Gasteiger partial charge in [-0.3, -0.25) is 9.59 Å². The second kappa shape index (κ2) is 8.79. The maximum Gasteiger partial charge on any atom is 0.272 e. The molecule has 0 bridgehead atoms. The molecule has 0 aromatic carbocycles. The van der Waals surface area contributed by atoms with Gasteiger partial charge in [0.15, 0.2) is 4.90 Å². The van der Waals surface area contributed by atoms with Gasteiger partial charge < -0.3 is 15.4 Å². The van der Waals surface area contributed by atoms with Crippen LogP contribution in [0.1, 0.15) is 39.5 Å². The molecule has 0 radical (unpaired) electrons. The van der Waals surface area contributed by atoms with Crippen molar-refractivity contribution in [1.29, 1.82) is 0 Å². The molecule has 2 atom stereocenters. The van der Waals surface area contributed by atoms with Crippen LogP contribution in [0.15, 0.2) is 28.0 Å². The van der Waals surface area contributed by atoms with E-state index in [4.69, 9.17) is 0 Å². The zero-order valence-corrected chi connectivity index (χ0v) is 16.0. The summed E-state index contributed by atoms with van der Waals surface area (Å²) in [7, 11) is -4.38. The van der Waals surface area contributed by atoms with Crippen molar-refractivity contribution in [2.24, 2.45) is 5.92 Å². The number of rotatable bonds is 6. The molecule has 1 aliphatic rings. The highest BCUT2D eigenvalue weighted by molar-refractivity contribution is 7.89. The maximum absolute atomic E-state index is 13.1. The Hall–Kier alpha value is -1.71. The van der Waals surface area contributed by atoms with Gasteiger partial charge in [-0.1, -0.05) is 13.8 Å². The van der Waals surface area contributed by atoms with Crippen molar-refractivity contribution in [2.75, 3.05) is 13.1 Å². The van der Waals surface area contributed by atoms with E-state index in [2.05, 4.69) is 10.3 Å². The van der Waals surface area contributed by atoms with Gasteiger partial charge in [-0.25, -0.2) is 12.7 Å². The smallest absolute Gasteiger partial charge is 0.272 e. The van der Waals surface area contributed by atoms with Gasteiger partial charge in [0, 0.05) is 19.2 Å². The van der Waals surface area contributed by atoms with E-state index in [1.807, 2.05) is 13.8 Å². The minimum absolute atomic E-state index is 0.0400. The Morgan fingerprint density at radius 1 is 1.42 bits per heavy atom. The average Bonchev–Trinajstić information content (AvgIpc) is 2.78. The molecular weight excluding hydrogens is 358 g/mol. The topological polar surface area (TPSA) is 120 Å². The normalized spacial score (nSPS) is 21.4. The Morgan fingerprint density at radius 2 is 2.15 bits per heavy atom. The second-order valence-electron chi connectivity index (χ2n) is 6.97.